The van der Waals surface area contributed by atoms with E-state index in [1.54, 1.807) is 0 Å². The fourth-order valence-electron chi connectivity index (χ4n) is 2.18. The summed E-state index contributed by atoms with van der Waals surface area (Å²) in [4.78, 5) is 11.7. The molecule has 0 aromatic rings. The van der Waals surface area contributed by atoms with Gasteiger partial charge in [-0.05, 0) is 38.2 Å². The smallest absolute Gasteiger partial charge is 0.250 e. The van der Waals surface area contributed by atoms with E-state index in [0.717, 1.165) is 37.8 Å². The van der Waals surface area contributed by atoms with Gasteiger partial charge in [-0.25, -0.2) is 0 Å². The van der Waals surface area contributed by atoms with Crippen LogP contribution < -0.4 is 5.32 Å². The number of carbonyl (C=O) groups is 1. The summed E-state index contributed by atoms with van der Waals surface area (Å²) in [7, 11) is 0. The normalized spacial score (nSPS) is 22.5. The molecular weight excluding hydrogens is 238 g/mol. The lowest BCUT2D eigenvalue weighted by Crippen LogP contribution is -2.29. The first-order valence-corrected chi connectivity index (χ1v) is 7.11. The molecule has 0 heterocycles. The molecule has 2 aliphatic carbocycles. The lowest BCUT2D eigenvalue weighted by molar-refractivity contribution is -0.126. The Morgan fingerprint density at radius 3 is 3.16 bits per heavy atom. The lowest BCUT2D eigenvalue weighted by atomic mass is 10.1. The number of ether oxygens (including phenoxy) is 1. The van der Waals surface area contributed by atoms with Crippen molar-refractivity contribution in [2.75, 3.05) is 6.61 Å². The number of carbonyl (C=O) groups excluding carboxylic acids is 1. The van der Waals surface area contributed by atoms with Crippen LogP contribution >= 0.6 is 0 Å². The quantitative estimate of drug-likeness (QED) is 0.788. The van der Waals surface area contributed by atoms with Crippen LogP contribution in [0.4, 0.5) is 0 Å². The van der Waals surface area contributed by atoms with Crippen LogP contribution in [0.3, 0.4) is 0 Å². The van der Waals surface area contributed by atoms with Gasteiger partial charge in [0.05, 0.1) is 0 Å². The Morgan fingerprint density at radius 2 is 2.32 bits per heavy atom. The largest absolute Gasteiger partial charge is 0.356 e. The minimum absolute atomic E-state index is 0.0815. The zero-order chi connectivity index (χ0) is 13.3. The summed E-state index contributed by atoms with van der Waals surface area (Å²) in [5.74, 6) is 6.12. The summed E-state index contributed by atoms with van der Waals surface area (Å²) < 4.78 is 5.58. The lowest BCUT2D eigenvalue weighted by Gasteiger charge is -2.14. The van der Waals surface area contributed by atoms with Gasteiger partial charge in [0, 0.05) is 12.1 Å². The summed E-state index contributed by atoms with van der Waals surface area (Å²) in [6.45, 7) is 0.0878. The Labute approximate surface area is 115 Å². The summed E-state index contributed by atoms with van der Waals surface area (Å²) in [6, 6.07) is 0. The van der Waals surface area contributed by atoms with Crippen molar-refractivity contribution in [3.05, 3.63) is 23.9 Å². The van der Waals surface area contributed by atoms with Crippen LogP contribution in [0.1, 0.15) is 44.9 Å². The first-order chi connectivity index (χ1) is 9.34. The Kier molecular flexibility index (Phi) is 5.71. The standard InChI is InChI=1S/C16H21NO2/c18-16(17-14-9-5-4-6-10-14)13-19-15-11-7-2-1-3-8-12-15/h5,9-10,15H,1-4,6-7,11,13H2,(H,17,18). The third-order valence-corrected chi connectivity index (χ3v) is 3.23. The number of amides is 1. The first-order valence-electron chi connectivity index (χ1n) is 7.11. The molecule has 0 aliphatic heterocycles. The molecule has 2 rings (SSSR count). The van der Waals surface area contributed by atoms with E-state index >= 15 is 0 Å². The van der Waals surface area contributed by atoms with Crippen LogP contribution in [0, 0.1) is 11.8 Å². The first kappa shape index (κ1) is 13.9. The summed E-state index contributed by atoms with van der Waals surface area (Å²) >= 11 is 0. The highest BCUT2D eigenvalue weighted by Gasteiger charge is 2.11. The van der Waals surface area contributed by atoms with Crippen molar-refractivity contribution in [1.29, 1.82) is 0 Å². The van der Waals surface area contributed by atoms with E-state index in [2.05, 4.69) is 23.2 Å². The van der Waals surface area contributed by atoms with Crippen LogP contribution in [-0.4, -0.2) is 18.6 Å². The molecule has 1 unspecified atom stereocenters. The molecule has 1 N–H and O–H groups in total. The third kappa shape index (κ3) is 5.32. The van der Waals surface area contributed by atoms with Crippen LogP contribution in [0.5, 0.6) is 0 Å². The van der Waals surface area contributed by atoms with E-state index in [-0.39, 0.29) is 18.6 Å². The minimum Gasteiger partial charge on any atom is -0.356 e. The average Bonchev–Trinajstić information content (AvgIpc) is 2.38. The van der Waals surface area contributed by atoms with Crippen LogP contribution in [-0.2, 0) is 9.53 Å². The van der Waals surface area contributed by atoms with Gasteiger partial charge in [-0.2, -0.15) is 0 Å². The zero-order valence-electron chi connectivity index (χ0n) is 11.3. The van der Waals surface area contributed by atoms with Gasteiger partial charge < -0.3 is 10.1 Å². The molecule has 1 amide bonds. The van der Waals surface area contributed by atoms with E-state index in [9.17, 15) is 4.79 Å². The van der Waals surface area contributed by atoms with Crippen molar-refractivity contribution in [1.82, 2.24) is 5.32 Å². The third-order valence-electron chi connectivity index (χ3n) is 3.23. The van der Waals surface area contributed by atoms with Crippen molar-refractivity contribution >= 4 is 5.91 Å². The van der Waals surface area contributed by atoms with Gasteiger partial charge in [-0.15, -0.1) is 5.92 Å². The Hall–Kier alpha value is -1.53. The number of nitrogens with one attached hydrogen (secondary N) is 1. The summed E-state index contributed by atoms with van der Waals surface area (Å²) in [5.41, 5.74) is 0.878. The van der Waals surface area contributed by atoms with E-state index < -0.39 is 0 Å². The van der Waals surface area contributed by atoms with Crippen molar-refractivity contribution in [2.24, 2.45) is 0 Å². The van der Waals surface area contributed by atoms with E-state index in [1.165, 1.54) is 12.8 Å². The molecule has 102 valence electrons. The zero-order valence-corrected chi connectivity index (χ0v) is 11.3. The Bertz CT molecular complexity index is 426. The monoisotopic (exact) mass is 259 g/mol. The highest BCUT2D eigenvalue weighted by atomic mass is 16.5. The molecule has 1 atom stereocenters. The highest BCUT2D eigenvalue weighted by molar-refractivity contribution is 5.79. The van der Waals surface area contributed by atoms with Crippen LogP contribution in [0.15, 0.2) is 23.9 Å². The molecule has 0 saturated carbocycles. The molecule has 0 aromatic carbocycles. The van der Waals surface area contributed by atoms with Gasteiger partial charge in [0.1, 0.15) is 12.7 Å². The van der Waals surface area contributed by atoms with Gasteiger partial charge in [-0.1, -0.05) is 24.5 Å². The predicted octanol–water partition coefficient (Wildman–Crippen LogP) is 2.69. The summed E-state index contributed by atoms with van der Waals surface area (Å²) in [6.07, 6.45) is 13.4. The maximum atomic E-state index is 11.7. The Balaban J connectivity index is 1.73. The van der Waals surface area contributed by atoms with Gasteiger partial charge in [0.2, 0.25) is 5.91 Å². The maximum absolute atomic E-state index is 11.7. The Morgan fingerprint density at radius 1 is 1.37 bits per heavy atom. The fourth-order valence-corrected chi connectivity index (χ4v) is 2.18. The predicted molar refractivity (Wildman–Crippen MR) is 75.2 cm³/mol. The van der Waals surface area contributed by atoms with Gasteiger partial charge in [0.25, 0.3) is 0 Å². The topological polar surface area (TPSA) is 38.3 Å². The molecule has 3 heteroatoms. The molecule has 0 radical (unpaired) electrons. The molecule has 3 nitrogen and oxygen atoms in total. The van der Waals surface area contributed by atoms with Crippen molar-refractivity contribution in [2.45, 2.75) is 51.0 Å². The molecule has 0 spiro atoms. The summed E-state index contributed by atoms with van der Waals surface area (Å²) in [5, 5.41) is 2.85. The average molecular weight is 259 g/mol. The molecule has 0 aromatic heterocycles. The van der Waals surface area contributed by atoms with Gasteiger partial charge in [-0.3, -0.25) is 4.79 Å². The molecule has 0 bridgehead atoms. The van der Waals surface area contributed by atoms with Crippen LogP contribution in [0.2, 0.25) is 0 Å². The second kappa shape index (κ2) is 7.81. The van der Waals surface area contributed by atoms with E-state index in [1.807, 2.05) is 12.2 Å². The van der Waals surface area contributed by atoms with Gasteiger partial charge in [0.15, 0.2) is 0 Å². The maximum Gasteiger partial charge on any atom is 0.250 e. The number of hydrogen-bond acceptors (Lipinski definition) is 2. The molecular formula is C16H21NO2. The van der Waals surface area contributed by atoms with E-state index in [4.69, 9.17) is 4.74 Å². The molecule has 19 heavy (non-hydrogen) atoms. The SMILES string of the molecule is O=C(COC1C#CCCCCC1)NC1=CCCC=C1. The van der Waals surface area contributed by atoms with E-state index in [0.29, 0.717) is 0 Å². The minimum atomic E-state index is -0.0957. The molecule has 2 aliphatic rings. The number of hydrogen-bond donors (Lipinski definition) is 1. The number of rotatable bonds is 4. The molecule has 0 fully saturated rings. The fraction of sp³-hybridized carbons (Fsp3) is 0.562. The van der Waals surface area contributed by atoms with Crippen LogP contribution in [0.25, 0.3) is 0 Å². The number of allylic oxidation sites excluding steroid dienone is 3. The highest BCUT2D eigenvalue weighted by Crippen LogP contribution is 2.11. The van der Waals surface area contributed by atoms with Crippen molar-refractivity contribution in [3.8, 4) is 11.8 Å². The van der Waals surface area contributed by atoms with Crippen molar-refractivity contribution in [3.63, 3.8) is 0 Å². The molecule has 0 saturated heterocycles. The second-order valence-electron chi connectivity index (χ2n) is 4.91. The van der Waals surface area contributed by atoms with Crippen molar-refractivity contribution < 1.29 is 9.53 Å². The second-order valence-corrected chi connectivity index (χ2v) is 4.91. The van der Waals surface area contributed by atoms with Gasteiger partial charge >= 0.3 is 0 Å².